The van der Waals surface area contributed by atoms with Gasteiger partial charge in [-0.15, -0.1) is 0 Å². The molecule has 0 fully saturated rings. The Bertz CT molecular complexity index is 804. The molecule has 21 heavy (non-hydrogen) atoms. The Kier molecular flexibility index (Phi) is 4.06. The van der Waals surface area contributed by atoms with Crippen LogP contribution in [0.5, 0.6) is 0 Å². The summed E-state index contributed by atoms with van der Waals surface area (Å²) >= 11 is 0. The molecular formula is C14H13FN2O3S. The van der Waals surface area contributed by atoms with Gasteiger partial charge in [0.15, 0.2) is 0 Å². The third kappa shape index (κ3) is 3.65. The number of halogens is 1. The first-order valence-corrected chi connectivity index (χ1v) is 7.52. The molecule has 0 aliphatic rings. The molecule has 0 unspecified atom stereocenters. The molecule has 0 radical (unpaired) electrons. The summed E-state index contributed by atoms with van der Waals surface area (Å²) in [5.74, 6) is -0.889. The van der Waals surface area contributed by atoms with Gasteiger partial charge < -0.3 is 5.32 Å². The smallest absolute Gasteiger partial charge is 0.255 e. The number of benzene rings is 2. The Hall–Kier alpha value is -2.25. The predicted octanol–water partition coefficient (Wildman–Crippen LogP) is 2.03. The lowest BCUT2D eigenvalue weighted by Crippen LogP contribution is -2.15. The highest BCUT2D eigenvalue weighted by molar-refractivity contribution is 7.89. The Morgan fingerprint density at radius 2 is 1.90 bits per heavy atom. The van der Waals surface area contributed by atoms with Gasteiger partial charge in [-0.25, -0.2) is 17.9 Å². The van der Waals surface area contributed by atoms with Crippen LogP contribution < -0.4 is 10.5 Å². The van der Waals surface area contributed by atoms with Crippen molar-refractivity contribution in [2.24, 2.45) is 5.14 Å². The molecule has 0 aliphatic carbocycles. The summed E-state index contributed by atoms with van der Waals surface area (Å²) in [4.78, 5) is 12.0. The minimum Gasteiger partial charge on any atom is -0.322 e. The Labute approximate surface area is 121 Å². The zero-order valence-electron chi connectivity index (χ0n) is 11.1. The summed E-state index contributed by atoms with van der Waals surface area (Å²) in [6, 6.07) is 9.38. The topological polar surface area (TPSA) is 89.3 Å². The van der Waals surface area contributed by atoms with Crippen molar-refractivity contribution in [1.82, 2.24) is 0 Å². The molecule has 2 aromatic carbocycles. The molecule has 110 valence electrons. The van der Waals surface area contributed by atoms with Crippen LogP contribution in [0.2, 0.25) is 0 Å². The monoisotopic (exact) mass is 308 g/mol. The summed E-state index contributed by atoms with van der Waals surface area (Å²) < 4.78 is 35.5. The SMILES string of the molecule is Cc1cc(F)ccc1C(=O)Nc1cccc(S(N)(=O)=O)c1. The van der Waals surface area contributed by atoms with E-state index in [1.165, 1.54) is 42.5 Å². The van der Waals surface area contributed by atoms with Gasteiger partial charge in [-0.2, -0.15) is 0 Å². The van der Waals surface area contributed by atoms with Crippen LogP contribution in [0, 0.1) is 12.7 Å². The molecule has 2 aromatic rings. The third-order valence-electron chi connectivity index (χ3n) is 2.85. The van der Waals surface area contributed by atoms with Gasteiger partial charge in [-0.05, 0) is 48.9 Å². The standard InChI is InChI=1S/C14H13FN2O3S/c1-9-7-10(15)5-6-13(9)14(18)17-11-3-2-4-12(8-11)21(16,19)20/h2-8H,1H3,(H,17,18)(H2,16,19,20). The first-order valence-electron chi connectivity index (χ1n) is 5.98. The van der Waals surface area contributed by atoms with E-state index in [4.69, 9.17) is 5.14 Å². The zero-order chi connectivity index (χ0) is 15.6. The zero-order valence-corrected chi connectivity index (χ0v) is 11.9. The van der Waals surface area contributed by atoms with Crippen molar-refractivity contribution in [3.63, 3.8) is 0 Å². The summed E-state index contributed by atoms with van der Waals surface area (Å²) in [6.07, 6.45) is 0. The molecule has 0 saturated heterocycles. The highest BCUT2D eigenvalue weighted by Crippen LogP contribution is 2.17. The van der Waals surface area contributed by atoms with Crippen LogP contribution >= 0.6 is 0 Å². The minimum absolute atomic E-state index is 0.101. The van der Waals surface area contributed by atoms with Crippen LogP contribution in [-0.4, -0.2) is 14.3 Å². The van der Waals surface area contributed by atoms with E-state index in [2.05, 4.69) is 5.32 Å². The second kappa shape index (κ2) is 5.63. The predicted molar refractivity (Wildman–Crippen MR) is 76.9 cm³/mol. The molecular weight excluding hydrogens is 295 g/mol. The fourth-order valence-electron chi connectivity index (χ4n) is 1.83. The molecule has 0 heterocycles. The van der Waals surface area contributed by atoms with E-state index in [-0.39, 0.29) is 10.6 Å². The van der Waals surface area contributed by atoms with Crippen LogP contribution in [0.3, 0.4) is 0 Å². The average molecular weight is 308 g/mol. The van der Waals surface area contributed by atoms with Crippen molar-refractivity contribution >= 4 is 21.6 Å². The van der Waals surface area contributed by atoms with E-state index >= 15 is 0 Å². The molecule has 0 aromatic heterocycles. The second-order valence-electron chi connectivity index (χ2n) is 4.49. The fourth-order valence-corrected chi connectivity index (χ4v) is 2.39. The molecule has 0 bridgehead atoms. The van der Waals surface area contributed by atoms with Crippen molar-refractivity contribution in [3.05, 3.63) is 59.4 Å². The average Bonchev–Trinajstić information content (AvgIpc) is 2.37. The van der Waals surface area contributed by atoms with Crippen LogP contribution in [0.15, 0.2) is 47.4 Å². The summed E-state index contributed by atoms with van der Waals surface area (Å²) in [7, 11) is -3.84. The van der Waals surface area contributed by atoms with Crippen molar-refractivity contribution in [2.45, 2.75) is 11.8 Å². The van der Waals surface area contributed by atoms with E-state index in [0.717, 1.165) is 0 Å². The first-order chi connectivity index (χ1) is 9.77. The van der Waals surface area contributed by atoms with E-state index in [9.17, 15) is 17.6 Å². The number of aryl methyl sites for hydroxylation is 1. The third-order valence-corrected chi connectivity index (χ3v) is 3.76. The van der Waals surface area contributed by atoms with Gasteiger partial charge in [-0.3, -0.25) is 4.79 Å². The molecule has 7 heteroatoms. The van der Waals surface area contributed by atoms with Crippen molar-refractivity contribution in [1.29, 1.82) is 0 Å². The van der Waals surface area contributed by atoms with E-state index in [1.54, 1.807) is 6.92 Å². The number of sulfonamides is 1. The number of rotatable bonds is 3. The van der Waals surface area contributed by atoms with Gasteiger partial charge in [0, 0.05) is 11.3 Å². The first kappa shape index (κ1) is 15.1. The lowest BCUT2D eigenvalue weighted by atomic mass is 10.1. The molecule has 0 spiro atoms. The minimum atomic E-state index is -3.84. The maximum Gasteiger partial charge on any atom is 0.255 e. The van der Waals surface area contributed by atoms with E-state index < -0.39 is 21.7 Å². The molecule has 0 atom stereocenters. The number of hydrogen-bond donors (Lipinski definition) is 2. The van der Waals surface area contributed by atoms with Crippen molar-refractivity contribution in [2.75, 3.05) is 5.32 Å². The molecule has 0 saturated carbocycles. The maximum absolute atomic E-state index is 13.0. The van der Waals surface area contributed by atoms with Gasteiger partial charge in [0.1, 0.15) is 5.82 Å². The summed E-state index contributed by atoms with van der Waals surface area (Å²) in [5, 5.41) is 7.58. The molecule has 1 amide bonds. The van der Waals surface area contributed by atoms with Crippen LogP contribution in [0.25, 0.3) is 0 Å². The largest absolute Gasteiger partial charge is 0.322 e. The van der Waals surface area contributed by atoms with Crippen LogP contribution in [-0.2, 0) is 10.0 Å². The summed E-state index contributed by atoms with van der Waals surface area (Å²) in [6.45, 7) is 1.61. The van der Waals surface area contributed by atoms with E-state index in [1.807, 2.05) is 0 Å². The molecule has 0 aliphatic heterocycles. The normalized spacial score (nSPS) is 11.2. The quantitative estimate of drug-likeness (QED) is 0.909. The Balaban J connectivity index is 2.28. The lowest BCUT2D eigenvalue weighted by molar-refractivity contribution is 0.102. The number of nitrogens with two attached hydrogens (primary N) is 1. The molecule has 3 N–H and O–H groups in total. The number of amides is 1. The Morgan fingerprint density at radius 1 is 1.19 bits per heavy atom. The number of anilines is 1. The number of hydrogen-bond acceptors (Lipinski definition) is 3. The van der Waals surface area contributed by atoms with Crippen LogP contribution in [0.4, 0.5) is 10.1 Å². The number of primary sulfonamides is 1. The van der Waals surface area contributed by atoms with Gasteiger partial charge in [0.25, 0.3) is 5.91 Å². The number of nitrogens with one attached hydrogen (secondary N) is 1. The fraction of sp³-hybridized carbons (Fsp3) is 0.0714. The van der Waals surface area contributed by atoms with Gasteiger partial charge >= 0.3 is 0 Å². The highest BCUT2D eigenvalue weighted by atomic mass is 32.2. The van der Waals surface area contributed by atoms with Crippen molar-refractivity contribution < 1.29 is 17.6 Å². The Morgan fingerprint density at radius 3 is 2.52 bits per heavy atom. The van der Waals surface area contributed by atoms with Crippen molar-refractivity contribution in [3.8, 4) is 0 Å². The highest BCUT2D eigenvalue weighted by Gasteiger charge is 2.12. The number of carbonyl (C=O) groups excluding carboxylic acids is 1. The maximum atomic E-state index is 13.0. The molecule has 5 nitrogen and oxygen atoms in total. The summed E-state index contributed by atoms with van der Waals surface area (Å²) in [5.41, 5.74) is 1.07. The lowest BCUT2D eigenvalue weighted by Gasteiger charge is -2.08. The molecule has 2 rings (SSSR count). The second-order valence-corrected chi connectivity index (χ2v) is 6.05. The number of carbonyl (C=O) groups is 1. The van der Waals surface area contributed by atoms with Gasteiger partial charge in [-0.1, -0.05) is 6.07 Å². The van der Waals surface area contributed by atoms with Crippen LogP contribution in [0.1, 0.15) is 15.9 Å². The van der Waals surface area contributed by atoms with Gasteiger partial charge in [0.05, 0.1) is 4.90 Å². The van der Waals surface area contributed by atoms with Gasteiger partial charge in [0.2, 0.25) is 10.0 Å². The van der Waals surface area contributed by atoms with E-state index in [0.29, 0.717) is 11.1 Å².